The first-order valence-corrected chi connectivity index (χ1v) is 12.4. The van der Waals surface area contributed by atoms with Crippen LogP contribution in [0, 0.1) is 0 Å². The lowest BCUT2D eigenvalue weighted by Crippen LogP contribution is -2.29. The van der Waals surface area contributed by atoms with Crippen LogP contribution in [0.2, 0.25) is 0 Å². The van der Waals surface area contributed by atoms with Gasteiger partial charge in [0, 0.05) is 12.1 Å². The molecular formula is C31H33NO5. The normalized spacial score (nSPS) is 17.2. The Morgan fingerprint density at radius 2 is 1.49 bits per heavy atom. The number of ether oxygens (including phenoxy) is 2. The summed E-state index contributed by atoms with van der Waals surface area (Å²) in [5.74, 6) is -0.189. The lowest BCUT2D eigenvalue weighted by Gasteiger charge is -2.26. The van der Waals surface area contributed by atoms with Crippen LogP contribution in [0.15, 0.2) is 78.4 Å². The number of hydrogen-bond acceptors (Lipinski definition) is 5. The first-order valence-electron chi connectivity index (χ1n) is 12.4. The number of amides is 1. The molecule has 0 bridgehead atoms. The smallest absolute Gasteiger partial charge is 0.295 e. The van der Waals surface area contributed by atoms with Crippen LogP contribution in [0.5, 0.6) is 11.5 Å². The Bertz CT molecular complexity index is 1300. The van der Waals surface area contributed by atoms with Crippen molar-refractivity contribution in [1.29, 1.82) is 0 Å². The summed E-state index contributed by atoms with van der Waals surface area (Å²) in [6, 6.07) is 21.4. The maximum absolute atomic E-state index is 13.3. The van der Waals surface area contributed by atoms with E-state index in [4.69, 9.17) is 9.47 Å². The Morgan fingerprint density at radius 3 is 2.03 bits per heavy atom. The number of rotatable bonds is 7. The third-order valence-electron chi connectivity index (χ3n) is 6.58. The topological polar surface area (TPSA) is 76.1 Å². The van der Waals surface area contributed by atoms with Gasteiger partial charge in [0.1, 0.15) is 17.3 Å². The molecule has 1 unspecified atom stereocenters. The third kappa shape index (κ3) is 5.38. The van der Waals surface area contributed by atoms with Crippen molar-refractivity contribution < 1.29 is 24.2 Å². The molecular weight excluding hydrogens is 466 g/mol. The number of aliphatic hydroxyl groups excluding tert-OH is 1. The van der Waals surface area contributed by atoms with Crippen molar-refractivity contribution >= 4 is 17.4 Å². The van der Waals surface area contributed by atoms with Gasteiger partial charge in [0.05, 0.1) is 25.3 Å². The third-order valence-corrected chi connectivity index (χ3v) is 6.58. The van der Waals surface area contributed by atoms with Crippen molar-refractivity contribution in [3.05, 3.63) is 101 Å². The molecule has 0 aliphatic carbocycles. The summed E-state index contributed by atoms with van der Waals surface area (Å²) in [6.07, 6.45) is 0. The summed E-state index contributed by atoms with van der Waals surface area (Å²) in [5.41, 5.74) is 3.21. The van der Waals surface area contributed by atoms with Gasteiger partial charge in [0.25, 0.3) is 11.7 Å². The van der Waals surface area contributed by atoms with Crippen molar-refractivity contribution in [3.8, 4) is 11.5 Å². The van der Waals surface area contributed by atoms with E-state index in [-0.39, 0.29) is 23.3 Å². The molecule has 1 amide bonds. The molecule has 37 heavy (non-hydrogen) atoms. The molecule has 6 heteroatoms. The van der Waals surface area contributed by atoms with Crippen molar-refractivity contribution in [2.75, 3.05) is 13.7 Å². The molecule has 3 aromatic rings. The number of likely N-dealkylation sites (tertiary alicyclic amines) is 1. The molecule has 1 aliphatic rings. The fraction of sp³-hybridized carbons (Fsp3) is 0.290. The summed E-state index contributed by atoms with van der Waals surface area (Å²) in [6.45, 7) is 9.01. The summed E-state index contributed by atoms with van der Waals surface area (Å²) in [7, 11) is 1.59. The number of Topliss-reactive ketones (excluding diaryl/α,β-unsaturated/α-hetero) is 1. The largest absolute Gasteiger partial charge is 0.507 e. The fourth-order valence-electron chi connectivity index (χ4n) is 4.51. The number of methoxy groups -OCH3 is 1. The van der Waals surface area contributed by atoms with Gasteiger partial charge in [0.15, 0.2) is 0 Å². The maximum Gasteiger partial charge on any atom is 0.295 e. The van der Waals surface area contributed by atoms with E-state index in [9.17, 15) is 14.7 Å². The SMILES string of the molecule is CCOc1ccc(/C(O)=C2/C(=O)C(=O)N(Cc3ccc(OC)cc3)C2c2ccc(C(C)(C)C)cc2)cc1. The summed E-state index contributed by atoms with van der Waals surface area (Å²) >= 11 is 0. The Morgan fingerprint density at radius 1 is 0.892 bits per heavy atom. The number of nitrogens with zero attached hydrogens (tertiary/aromatic N) is 1. The monoisotopic (exact) mass is 499 g/mol. The highest BCUT2D eigenvalue weighted by Crippen LogP contribution is 2.41. The van der Waals surface area contributed by atoms with Crippen molar-refractivity contribution in [1.82, 2.24) is 4.90 Å². The highest BCUT2D eigenvalue weighted by Gasteiger charge is 2.46. The Kier molecular flexibility index (Phi) is 7.39. The summed E-state index contributed by atoms with van der Waals surface area (Å²) < 4.78 is 10.7. The quantitative estimate of drug-likeness (QED) is 0.245. The summed E-state index contributed by atoms with van der Waals surface area (Å²) in [5, 5.41) is 11.3. The Labute approximate surface area is 218 Å². The van der Waals surface area contributed by atoms with Crippen LogP contribution < -0.4 is 9.47 Å². The molecule has 1 aliphatic heterocycles. The van der Waals surface area contributed by atoms with Crippen molar-refractivity contribution in [2.45, 2.75) is 45.7 Å². The maximum atomic E-state index is 13.3. The predicted octanol–water partition coefficient (Wildman–Crippen LogP) is 6.01. The van der Waals surface area contributed by atoms with Gasteiger partial charge in [-0.3, -0.25) is 9.59 Å². The van der Waals surface area contributed by atoms with Gasteiger partial charge in [-0.2, -0.15) is 0 Å². The molecule has 1 saturated heterocycles. The van der Waals surface area contributed by atoms with Gasteiger partial charge in [0.2, 0.25) is 0 Å². The number of hydrogen-bond donors (Lipinski definition) is 1. The Balaban J connectivity index is 1.80. The van der Waals surface area contributed by atoms with Gasteiger partial charge in [-0.15, -0.1) is 0 Å². The van der Waals surface area contributed by atoms with E-state index in [2.05, 4.69) is 20.8 Å². The molecule has 1 N–H and O–H groups in total. The minimum atomic E-state index is -0.734. The minimum Gasteiger partial charge on any atom is -0.507 e. The minimum absolute atomic E-state index is 0.0499. The van der Waals surface area contributed by atoms with E-state index >= 15 is 0 Å². The standard InChI is InChI=1S/C31H33NO5/c1-6-37-25-17-11-22(12-18-25)28(33)26-27(21-9-13-23(14-10-21)31(2,3)4)32(30(35)29(26)34)19-20-7-15-24(36-5)16-8-20/h7-18,27,33H,6,19H2,1-5H3/b28-26-. The lowest BCUT2D eigenvalue weighted by molar-refractivity contribution is -0.140. The van der Waals surface area contributed by atoms with Gasteiger partial charge in [-0.05, 0) is 65.4 Å². The number of carbonyl (C=O) groups is 2. The molecule has 0 spiro atoms. The number of aliphatic hydroxyl groups is 1. The highest BCUT2D eigenvalue weighted by atomic mass is 16.5. The van der Waals surface area contributed by atoms with E-state index in [1.54, 1.807) is 31.4 Å². The first-order chi connectivity index (χ1) is 17.6. The molecule has 0 radical (unpaired) electrons. The van der Waals surface area contributed by atoms with Gasteiger partial charge < -0.3 is 19.5 Å². The molecule has 0 saturated carbocycles. The van der Waals surface area contributed by atoms with E-state index in [1.807, 2.05) is 55.5 Å². The number of benzene rings is 3. The predicted molar refractivity (Wildman–Crippen MR) is 144 cm³/mol. The van der Waals surface area contributed by atoms with Crippen LogP contribution in [0.1, 0.15) is 56.0 Å². The second-order valence-corrected chi connectivity index (χ2v) is 10.1. The number of ketones is 1. The zero-order valence-corrected chi connectivity index (χ0v) is 21.9. The molecule has 1 atom stereocenters. The van der Waals surface area contributed by atoms with E-state index in [0.717, 1.165) is 16.7 Å². The average Bonchev–Trinajstić information content (AvgIpc) is 3.14. The van der Waals surface area contributed by atoms with Crippen LogP contribution in [0.25, 0.3) is 5.76 Å². The Hall–Kier alpha value is -4.06. The van der Waals surface area contributed by atoms with Crippen LogP contribution >= 0.6 is 0 Å². The van der Waals surface area contributed by atoms with Gasteiger partial charge in [-0.1, -0.05) is 57.2 Å². The van der Waals surface area contributed by atoms with Crippen LogP contribution in [0.4, 0.5) is 0 Å². The molecule has 0 aromatic heterocycles. The molecule has 1 heterocycles. The molecule has 4 rings (SSSR count). The number of carbonyl (C=O) groups excluding carboxylic acids is 2. The molecule has 192 valence electrons. The molecule has 3 aromatic carbocycles. The van der Waals surface area contributed by atoms with Gasteiger partial charge >= 0.3 is 0 Å². The van der Waals surface area contributed by atoms with E-state index < -0.39 is 17.7 Å². The van der Waals surface area contributed by atoms with Crippen LogP contribution in [-0.2, 0) is 21.5 Å². The molecule has 1 fully saturated rings. The first kappa shape index (κ1) is 26.0. The lowest BCUT2D eigenvalue weighted by atomic mass is 9.85. The second kappa shape index (κ2) is 10.5. The van der Waals surface area contributed by atoms with Crippen molar-refractivity contribution in [2.24, 2.45) is 0 Å². The van der Waals surface area contributed by atoms with E-state index in [0.29, 0.717) is 23.7 Å². The average molecular weight is 500 g/mol. The van der Waals surface area contributed by atoms with Crippen LogP contribution in [0.3, 0.4) is 0 Å². The molecule has 6 nitrogen and oxygen atoms in total. The van der Waals surface area contributed by atoms with E-state index in [1.165, 1.54) is 4.90 Å². The second-order valence-electron chi connectivity index (χ2n) is 10.1. The fourth-order valence-corrected chi connectivity index (χ4v) is 4.51. The van der Waals surface area contributed by atoms with Gasteiger partial charge in [-0.25, -0.2) is 0 Å². The zero-order valence-electron chi connectivity index (χ0n) is 21.9. The highest BCUT2D eigenvalue weighted by molar-refractivity contribution is 6.46. The van der Waals surface area contributed by atoms with Crippen LogP contribution in [-0.4, -0.2) is 35.4 Å². The van der Waals surface area contributed by atoms with Crippen molar-refractivity contribution in [3.63, 3.8) is 0 Å². The zero-order chi connectivity index (χ0) is 26.7. The summed E-state index contributed by atoms with van der Waals surface area (Å²) in [4.78, 5) is 28.2.